The zero-order valence-electron chi connectivity index (χ0n) is 12.0. The van der Waals surface area contributed by atoms with Gasteiger partial charge in [-0.1, -0.05) is 30.9 Å². The van der Waals surface area contributed by atoms with Crippen molar-refractivity contribution >= 4 is 23.5 Å². The highest BCUT2D eigenvalue weighted by Gasteiger charge is 2.39. The molecule has 6 heteroatoms. The number of hydrogen-bond donors (Lipinski definition) is 2. The van der Waals surface area contributed by atoms with Crippen LogP contribution in [0.15, 0.2) is 12.1 Å². The molecule has 0 aromatic carbocycles. The number of nitrogens with one attached hydrogen (secondary N) is 1. The molecule has 1 aromatic heterocycles. The van der Waals surface area contributed by atoms with Crippen molar-refractivity contribution in [3.63, 3.8) is 0 Å². The molecule has 1 aliphatic rings. The van der Waals surface area contributed by atoms with Crippen LogP contribution in [0.2, 0.25) is 5.15 Å². The Morgan fingerprint density at radius 1 is 1.33 bits per heavy atom. The summed E-state index contributed by atoms with van der Waals surface area (Å²) in [5, 5.41) is 12.5. The first-order valence-electron chi connectivity index (χ1n) is 7.09. The maximum atomic E-state index is 12.2. The normalized spacial score (nSPS) is 17.2. The first-order valence-corrected chi connectivity index (χ1v) is 7.46. The van der Waals surface area contributed by atoms with Crippen LogP contribution in [0, 0.1) is 12.3 Å². The Balaban J connectivity index is 2.06. The molecule has 0 unspecified atom stereocenters. The SMILES string of the molecule is Cc1cc(C(=O)NCC2(C(=O)O)CCCCC2)cc(Cl)n1. The van der Waals surface area contributed by atoms with Crippen LogP contribution in [-0.2, 0) is 4.79 Å². The van der Waals surface area contributed by atoms with Crippen LogP contribution in [0.3, 0.4) is 0 Å². The molecule has 2 rings (SSSR count). The molecule has 1 saturated carbocycles. The molecule has 1 fully saturated rings. The zero-order valence-corrected chi connectivity index (χ0v) is 12.7. The predicted octanol–water partition coefficient (Wildman–Crippen LogP) is 2.81. The molecule has 1 heterocycles. The molecule has 1 aliphatic carbocycles. The van der Waals surface area contributed by atoms with E-state index in [0.29, 0.717) is 24.1 Å². The van der Waals surface area contributed by atoms with Gasteiger partial charge in [0.05, 0.1) is 5.41 Å². The van der Waals surface area contributed by atoms with Gasteiger partial charge in [0.2, 0.25) is 0 Å². The Hall–Kier alpha value is -1.62. The van der Waals surface area contributed by atoms with Crippen molar-refractivity contribution in [2.24, 2.45) is 5.41 Å². The van der Waals surface area contributed by atoms with Gasteiger partial charge in [-0.2, -0.15) is 0 Å². The molecule has 21 heavy (non-hydrogen) atoms. The van der Waals surface area contributed by atoms with Gasteiger partial charge in [0.15, 0.2) is 0 Å². The van der Waals surface area contributed by atoms with Gasteiger partial charge in [-0.05, 0) is 31.9 Å². The summed E-state index contributed by atoms with van der Waals surface area (Å²) in [6, 6.07) is 3.12. The molecule has 0 aliphatic heterocycles. The average Bonchev–Trinajstić information content (AvgIpc) is 2.44. The highest BCUT2D eigenvalue weighted by atomic mass is 35.5. The third-order valence-electron chi connectivity index (χ3n) is 4.04. The minimum Gasteiger partial charge on any atom is -0.481 e. The summed E-state index contributed by atoms with van der Waals surface area (Å²) in [7, 11) is 0. The van der Waals surface area contributed by atoms with Gasteiger partial charge in [0.1, 0.15) is 5.15 Å². The van der Waals surface area contributed by atoms with E-state index >= 15 is 0 Å². The number of carboxylic acids is 1. The van der Waals surface area contributed by atoms with E-state index in [1.807, 2.05) is 0 Å². The molecule has 114 valence electrons. The standard InChI is InChI=1S/C15H19ClN2O3/c1-10-7-11(8-12(16)18-10)13(19)17-9-15(14(20)21)5-3-2-4-6-15/h7-8H,2-6,9H2,1H3,(H,17,19)(H,20,21). The average molecular weight is 311 g/mol. The van der Waals surface area contributed by atoms with Crippen molar-refractivity contribution in [3.05, 3.63) is 28.5 Å². The summed E-state index contributed by atoms with van der Waals surface area (Å²) >= 11 is 5.84. The zero-order chi connectivity index (χ0) is 15.5. The van der Waals surface area contributed by atoms with Crippen LogP contribution in [0.1, 0.15) is 48.2 Å². The van der Waals surface area contributed by atoms with Crippen LogP contribution in [-0.4, -0.2) is 28.5 Å². The molecule has 0 spiro atoms. The van der Waals surface area contributed by atoms with Gasteiger partial charge < -0.3 is 10.4 Å². The number of aryl methyl sites for hydroxylation is 1. The highest BCUT2D eigenvalue weighted by molar-refractivity contribution is 6.29. The van der Waals surface area contributed by atoms with Crippen molar-refractivity contribution in [1.82, 2.24) is 10.3 Å². The fourth-order valence-electron chi connectivity index (χ4n) is 2.81. The molecule has 1 amide bonds. The lowest BCUT2D eigenvalue weighted by Crippen LogP contribution is -2.44. The molecule has 0 saturated heterocycles. The summed E-state index contributed by atoms with van der Waals surface area (Å²) in [5.41, 5.74) is 0.224. The number of amides is 1. The van der Waals surface area contributed by atoms with Crippen LogP contribution in [0.5, 0.6) is 0 Å². The summed E-state index contributed by atoms with van der Waals surface area (Å²) in [5.74, 6) is -1.14. The van der Waals surface area contributed by atoms with Crippen LogP contribution in [0.25, 0.3) is 0 Å². The summed E-state index contributed by atoms with van der Waals surface area (Å²) in [6.45, 7) is 1.91. The molecule has 0 atom stereocenters. The van der Waals surface area contributed by atoms with Crippen LogP contribution in [0.4, 0.5) is 0 Å². The van der Waals surface area contributed by atoms with Crippen molar-refractivity contribution in [2.75, 3.05) is 6.54 Å². The number of nitrogens with zero attached hydrogens (tertiary/aromatic N) is 1. The molecule has 0 bridgehead atoms. The van der Waals surface area contributed by atoms with Gasteiger partial charge in [-0.15, -0.1) is 0 Å². The monoisotopic (exact) mass is 310 g/mol. The van der Waals surface area contributed by atoms with E-state index in [2.05, 4.69) is 10.3 Å². The number of hydrogen-bond acceptors (Lipinski definition) is 3. The largest absolute Gasteiger partial charge is 0.481 e. The van der Waals surface area contributed by atoms with Gasteiger partial charge in [0, 0.05) is 17.8 Å². The Bertz CT molecular complexity index is 534. The van der Waals surface area contributed by atoms with E-state index in [1.165, 1.54) is 6.07 Å². The van der Waals surface area contributed by atoms with E-state index in [4.69, 9.17) is 11.6 Å². The summed E-state index contributed by atoms with van der Waals surface area (Å²) in [4.78, 5) is 27.7. The first-order chi connectivity index (χ1) is 9.93. The fourth-order valence-corrected chi connectivity index (χ4v) is 3.06. The maximum absolute atomic E-state index is 12.2. The minimum absolute atomic E-state index is 0.153. The van der Waals surface area contributed by atoms with Crippen LogP contribution >= 0.6 is 11.6 Å². The maximum Gasteiger partial charge on any atom is 0.311 e. The van der Waals surface area contributed by atoms with Gasteiger partial charge in [-0.25, -0.2) is 4.98 Å². The Morgan fingerprint density at radius 3 is 2.57 bits per heavy atom. The summed E-state index contributed by atoms with van der Waals surface area (Å²) in [6.07, 6.45) is 4.06. The number of rotatable bonds is 4. The van der Waals surface area contributed by atoms with E-state index in [9.17, 15) is 14.7 Å². The third-order valence-corrected chi connectivity index (χ3v) is 4.23. The highest BCUT2D eigenvalue weighted by Crippen LogP contribution is 2.36. The predicted molar refractivity (Wildman–Crippen MR) is 79.5 cm³/mol. The number of carbonyl (C=O) groups excluding carboxylic acids is 1. The third kappa shape index (κ3) is 3.73. The Morgan fingerprint density at radius 2 is 2.00 bits per heavy atom. The number of aliphatic carboxylic acids is 1. The van der Waals surface area contributed by atoms with Crippen molar-refractivity contribution < 1.29 is 14.7 Å². The quantitative estimate of drug-likeness (QED) is 0.838. The molecule has 2 N–H and O–H groups in total. The number of aromatic nitrogens is 1. The number of halogens is 1. The summed E-state index contributed by atoms with van der Waals surface area (Å²) < 4.78 is 0. The number of pyridine rings is 1. The van der Waals surface area contributed by atoms with Crippen LogP contribution < -0.4 is 5.32 Å². The Kier molecular flexibility index (Phi) is 4.83. The molecule has 1 aromatic rings. The second-order valence-corrected chi connectivity index (χ2v) is 6.04. The molecular formula is C15H19ClN2O3. The fraction of sp³-hybridized carbons (Fsp3) is 0.533. The van der Waals surface area contributed by atoms with E-state index < -0.39 is 11.4 Å². The second-order valence-electron chi connectivity index (χ2n) is 5.65. The second kappa shape index (κ2) is 6.43. The number of carbonyl (C=O) groups is 2. The molecule has 0 radical (unpaired) electrons. The smallest absolute Gasteiger partial charge is 0.311 e. The van der Waals surface area contributed by atoms with E-state index in [-0.39, 0.29) is 17.6 Å². The first kappa shape index (κ1) is 15.8. The van der Waals surface area contributed by atoms with Crippen molar-refractivity contribution in [1.29, 1.82) is 0 Å². The molecular weight excluding hydrogens is 292 g/mol. The van der Waals surface area contributed by atoms with Gasteiger partial charge in [0.25, 0.3) is 5.91 Å². The lowest BCUT2D eigenvalue weighted by Gasteiger charge is -2.33. The van der Waals surface area contributed by atoms with Crippen molar-refractivity contribution in [3.8, 4) is 0 Å². The van der Waals surface area contributed by atoms with Crippen molar-refractivity contribution in [2.45, 2.75) is 39.0 Å². The topological polar surface area (TPSA) is 79.3 Å². The van der Waals surface area contributed by atoms with E-state index in [0.717, 1.165) is 19.3 Å². The van der Waals surface area contributed by atoms with E-state index in [1.54, 1.807) is 13.0 Å². The lowest BCUT2D eigenvalue weighted by molar-refractivity contribution is -0.150. The molecule has 5 nitrogen and oxygen atoms in total. The number of carboxylic acid groups (broad SMARTS) is 1. The lowest BCUT2D eigenvalue weighted by atomic mass is 9.74. The Labute approximate surface area is 128 Å². The minimum atomic E-state index is -0.834. The van der Waals surface area contributed by atoms with Gasteiger partial charge >= 0.3 is 5.97 Å². The van der Waals surface area contributed by atoms with Gasteiger partial charge in [-0.3, -0.25) is 9.59 Å².